The number of halogens is 2. The lowest BCUT2D eigenvalue weighted by Gasteiger charge is -2.25. The number of fused-ring (bicyclic) bond motifs is 1. The van der Waals surface area contributed by atoms with E-state index >= 15 is 0 Å². The Kier molecular flexibility index (Phi) is 4.57. The van der Waals surface area contributed by atoms with Crippen LogP contribution < -0.4 is 5.32 Å². The SMILES string of the molecule is O=C(NC[C@H]1CCCc2ccccc21)c1ccc(F)cc1Br. The maximum atomic E-state index is 13.1. The van der Waals surface area contributed by atoms with Gasteiger partial charge in [-0.3, -0.25) is 4.79 Å². The number of hydrogen-bond acceptors (Lipinski definition) is 1. The van der Waals surface area contributed by atoms with Crippen LogP contribution in [-0.2, 0) is 6.42 Å². The molecule has 0 aromatic heterocycles. The zero-order chi connectivity index (χ0) is 15.5. The quantitative estimate of drug-likeness (QED) is 0.860. The van der Waals surface area contributed by atoms with E-state index in [1.807, 2.05) is 0 Å². The van der Waals surface area contributed by atoms with Crippen molar-refractivity contribution in [2.24, 2.45) is 0 Å². The second-order valence-electron chi connectivity index (χ2n) is 5.62. The Morgan fingerprint density at radius 1 is 1.27 bits per heavy atom. The van der Waals surface area contributed by atoms with Crippen LogP contribution in [0.25, 0.3) is 0 Å². The van der Waals surface area contributed by atoms with Gasteiger partial charge < -0.3 is 5.32 Å². The molecule has 1 aliphatic carbocycles. The van der Waals surface area contributed by atoms with Gasteiger partial charge in [0.2, 0.25) is 0 Å². The number of rotatable bonds is 3. The van der Waals surface area contributed by atoms with Gasteiger partial charge in [0.1, 0.15) is 5.82 Å². The number of carbonyl (C=O) groups is 1. The van der Waals surface area contributed by atoms with E-state index in [0.29, 0.717) is 22.5 Å². The maximum absolute atomic E-state index is 13.1. The minimum Gasteiger partial charge on any atom is -0.351 e. The van der Waals surface area contributed by atoms with Crippen molar-refractivity contribution < 1.29 is 9.18 Å². The average Bonchev–Trinajstić information content (AvgIpc) is 2.52. The van der Waals surface area contributed by atoms with E-state index in [9.17, 15) is 9.18 Å². The lowest BCUT2D eigenvalue weighted by molar-refractivity contribution is 0.0949. The summed E-state index contributed by atoms with van der Waals surface area (Å²) >= 11 is 3.24. The van der Waals surface area contributed by atoms with Gasteiger partial charge in [-0.2, -0.15) is 0 Å². The molecule has 0 aliphatic heterocycles. The third kappa shape index (κ3) is 3.22. The maximum Gasteiger partial charge on any atom is 0.252 e. The highest BCUT2D eigenvalue weighted by Crippen LogP contribution is 2.31. The van der Waals surface area contributed by atoms with Crippen molar-refractivity contribution in [3.05, 3.63) is 69.4 Å². The first-order valence-electron chi connectivity index (χ1n) is 7.46. The molecule has 1 amide bonds. The van der Waals surface area contributed by atoms with Gasteiger partial charge in [0.05, 0.1) is 5.56 Å². The van der Waals surface area contributed by atoms with Crippen molar-refractivity contribution in [3.8, 4) is 0 Å². The molecule has 0 radical (unpaired) electrons. The normalized spacial score (nSPS) is 16.9. The molecule has 0 saturated heterocycles. The van der Waals surface area contributed by atoms with E-state index in [1.54, 1.807) is 0 Å². The van der Waals surface area contributed by atoms with Gasteiger partial charge in [0.15, 0.2) is 0 Å². The lowest BCUT2D eigenvalue weighted by atomic mass is 9.83. The van der Waals surface area contributed by atoms with Crippen molar-refractivity contribution in [1.82, 2.24) is 5.32 Å². The zero-order valence-electron chi connectivity index (χ0n) is 12.1. The highest BCUT2D eigenvalue weighted by atomic mass is 79.9. The molecule has 3 rings (SSSR count). The largest absolute Gasteiger partial charge is 0.351 e. The summed E-state index contributed by atoms with van der Waals surface area (Å²) in [4.78, 5) is 12.3. The highest BCUT2D eigenvalue weighted by Gasteiger charge is 2.20. The molecule has 114 valence electrons. The fourth-order valence-electron chi connectivity index (χ4n) is 3.05. The van der Waals surface area contributed by atoms with Crippen molar-refractivity contribution in [3.63, 3.8) is 0 Å². The van der Waals surface area contributed by atoms with Gasteiger partial charge in [-0.25, -0.2) is 4.39 Å². The summed E-state index contributed by atoms with van der Waals surface area (Å²) in [6.45, 7) is 0.611. The van der Waals surface area contributed by atoms with Crippen LogP contribution >= 0.6 is 15.9 Å². The third-order valence-electron chi connectivity index (χ3n) is 4.18. The molecule has 0 bridgehead atoms. The second kappa shape index (κ2) is 6.61. The molecule has 0 saturated carbocycles. The highest BCUT2D eigenvalue weighted by molar-refractivity contribution is 9.10. The molecular formula is C18H17BrFNO. The number of amides is 1. The monoisotopic (exact) mass is 361 g/mol. The van der Waals surface area contributed by atoms with Gasteiger partial charge >= 0.3 is 0 Å². The predicted octanol–water partition coefficient (Wildman–Crippen LogP) is 4.44. The molecule has 2 aromatic rings. The molecule has 0 fully saturated rings. The minimum atomic E-state index is -0.357. The van der Waals surface area contributed by atoms with Crippen LogP contribution in [0.15, 0.2) is 46.9 Å². The van der Waals surface area contributed by atoms with Crippen LogP contribution in [-0.4, -0.2) is 12.5 Å². The molecule has 1 aliphatic rings. The van der Waals surface area contributed by atoms with E-state index in [1.165, 1.54) is 29.3 Å². The first-order valence-corrected chi connectivity index (χ1v) is 8.25. The summed E-state index contributed by atoms with van der Waals surface area (Å²) < 4.78 is 13.6. The van der Waals surface area contributed by atoms with Crippen LogP contribution in [0.1, 0.15) is 40.2 Å². The topological polar surface area (TPSA) is 29.1 Å². The Labute approximate surface area is 137 Å². The number of hydrogen-bond donors (Lipinski definition) is 1. The summed E-state index contributed by atoms with van der Waals surface area (Å²) in [7, 11) is 0. The summed E-state index contributed by atoms with van der Waals surface area (Å²) in [5.74, 6) is -0.173. The van der Waals surface area contributed by atoms with Crippen molar-refractivity contribution in [2.75, 3.05) is 6.54 Å². The van der Waals surface area contributed by atoms with Gasteiger partial charge in [-0.15, -0.1) is 0 Å². The molecule has 0 spiro atoms. The Balaban J connectivity index is 1.69. The summed E-state index contributed by atoms with van der Waals surface area (Å²) in [5, 5.41) is 2.98. The molecule has 1 atom stereocenters. The van der Waals surface area contributed by atoms with E-state index in [0.717, 1.165) is 19.3 Å². The fraction of sp³-hybridized carbons (Fsp3) is 0.278. The Bertz CT molecular complexity index is 701. The van der Waals surface area contributed by atoms with Gasteiger partial charge in [0, 0.05) is 16.9 Å². The van der Waals surface area contributed by atoms with E-state index in [4.69, 9.17) is 0 Å². The first-order chi connectivity index (χ1) is 10.6. The zero-order valence-corrected chi connectivity index (χ0v) is 13.7. The van der Waals surface area contributed by atoms with Gasteiger partial charge in [-0.05, 0) is 64.5 Å². The van der Waals surface area contributed by atoms with Crippen molar-refractivity contribution in [2.45, 2.75) is 25.2 Å². The number of carbonyl (C=O) groups excluding carboxylic acids is 1. The Morgan fingerprint density at radius 3 is 2.91 bits per heavy atom. The average molecular weight is 362 g/mol. The third-order valence-corrected chi connectivity index (χ3v) is 4.83. The minimum absolute atomic E-state index is 0.171. The van der Waals surface area contributed by atoms with E-state index in [-0.39, 0.29) is 11.7 Å². The summed E-state index contributed by atoms with van der Waals surface area (Å²) in [6.07, 6.45) is 3.35. The van der Waals surface area contributed by atoms with Crippen LogP contribution in [0.3, 0.4) is 0 Å². The Hall–Kier alpha value is -1.68. The number of benzene rings is 2. The number of aryl methyl sites for hydroxylation is 1. The van der Waals surface area contributed by atoms with Crippen LogP contribution in [0.5, 0.6) is 0 Å². The Morgan fingerprint density at radius 2 is 2.09 bits per heavy atom. The standard InChI is InChI=1S/C18H17BrFNO/c19-17-10-14(20)8-9-16(17)18(22)21-11-13-6-3-5-12-4-1-2-7-15(12)13/h1-2,4,7-10,13H,3,5-6,11H2,(H,21,22)/t13-/m1/s1. The molecular weight excluding hydrogens is 345 g/mol. The smallest absolute Gasteiger partial charge is 0.252 e. The lowest BCUT2D eigenvalue weighted by Crippen LogP contribution is -2.30. The van der Waals surface area contributed by atoms with Crippen LogP contribution in [0, 0.1) is 5.82 Å². The molecule has 4 heteroatoms. The van der Waals surface area contributed by atoms with Crippen molar-refractivity contribution in [1.29, 1.82) is 0 Å². The van der Waals surface area contributed by atoms with Crippen LogP contribution in [0.4, 0.5) is 4.39 Å². The van der Waals surface area contributed by atoms with Crippen LogP contribution in [0.2, 0.25) is 0 Å². The van der Waals surface area contributed by atoms with E-state index in [2.05, 4.69) is 45.5 Å². The summed E-state index contributed by atoms with van der Waals surface area (Å²) in [5.41, 5.74) is 3.19. The van der Waals surface area contributed by atoms with Crippen molar-refractivity contribution >= 4 is 21.8 Å². The number of nitrogens with one attached hydrogen (secondary N) is 1. The molecule has 2 aromatic carbocycles. The van der Waals surface area contributed by atoms with E-state index < -0.39 is 0 Å². The molecule has 22 heavy (non-hydrogen) atoms. The van der Waals surface area contributed by atoms with Gasteiger partial charge in [-0.1, -0.05) is 24.3 Å². The molecule has 0 heterocycles. The summed E-state index contributed by atoms with van der Waals surface area (Å²) in [6, 6.07) is 12.5. The predicted molar refractivity (Wildman–Crippen MR) is 88.6 cm³/mol. The molecule has 0 unspecified atom stereocenters. The fourth-order valence-corrected chi connectivity index (χ4v) is 3.58. The first kappa shape index (κ1) is 15.2. The molecule has 2 nitrogen and oxygen atoms in total. The second-order valence-corrected chi connectivity index (χ2v) is 6.48. The van der Waals surface area contributed by atoms with Gasteiger partial charge in [0.25, 0.3) is 5.91 Å². The molecule has 1 N–H and O–H groups in total.